The van der Waals surface area contributed by atoms with Crippen LogP contribution in [-0.4, -0.2) is 12.4 Å². The van der Waals surface area contributed by atoms with Crippen LogP contribution in [0.25, 0.3) is 0 Å². The van der Waals surface area contributed by atoms with Gasteiger partial charge in [-0.25, -0.2) is 0 Å². The zero-order valence-electron chi connectivity index (χ0n) is 14.3. The largest absolute Gasteiger partial charge is 0.493 e. The van der Waals surface area contributed by atoms with E-state index < -0.39 is 0 Å². The van der Waals surface area contributed by atoms with Crippen molar-refractivity contribution < 1.29 is 9.53 Å². The van der Waals surface area contributed by atoms with E-state index >= 15 is 0 Å². The van der Waals surface area contributed by atoms with E-state index in [1.54, 1.807) is 18.2 Å². The topological polar surface area (TPSA) is 62.1 Å². The van der Waals surface area contributed by atoms with E-state index in [9.17, 15) is 10.1 Å². The second-order valence-electron chi connectivity index (χ2n) is 6.13. The molecular formula is C20H22N2O2. The van der Waals surface area contributed by atoms with E-state index in [1.165, 1.54) is 6.92 Å². The molecule has 4 nitrogen and oxygen atoms in total. The Kier molecular flexibility index (Phi) is 5.97. The van der Waals surface area contributed by atoms with E-state index in [1.807, 2.05) is 24.3 Å². The minimum atomic E-state index is -0.0216. The highest BCUT2D eigenvalue weighted by Gasteiger charge is 2.07. The maximum absolute atomic E-state index is 11.5. The fourth-order valence-electron chi connectivity index (χ4n) is 2.21. The summed E-state index contributed by atoms with van der Waals surface area (Å²) in [5.41, 5.74) is 2.82. The summed E-state index contributed by atoms with van der Waals surface area (Å²) in [5, 5.41) is 12.5. The molecule has 0 unspecified atom stereocenters. The van der Waals surface area contributed by atoms with Crippen LogP contribution in [0, 0.1) is 17.2 Å². The molecule has 0 saturated heterocycles. The van der Waals surface area contributed by atoms with Gasteiger partial charge in [0.15, 0.2) is 5.78 Å². The number of nitriles is 1. The fourth-order valence-corrected chi connectivity index (χ4v) is 2.21. The number of rotatable bonds is 7. The van der Waals surface area contributed by atoms with Gasteiger partial charge in [0, 0.05) is 12.1 Å². The van der Waals surface area contributed by atoms with Crippen LogP contribution in [-0.2, 0) is 6.54 Å². The van der Waals surface area contributed by atoms with Crippen molar-refractivity contribution in [1.29, 1.82) is 5.26 Å². The summed E-state index contributed by atoms with van der Waals surface area (Å²) >= 11 is 0. The smallest absolute Gasteiger partial charge is 0.159 e. The van der Waals surface area contributed by atoms with E-state index in [0.717, 1.165) is 11.3 Å². The van der Waals surface area contributed by atoms with Crippen molar-refractivity contribution in [1.82, 2.24) is 0 Å². The third-order valence-electron chi connectivity index (χ3n) is 3.51. The normalized spacial score (nSPS) is 10.3. The van der Waals surface area contributed by atoms with Gasteiger partial charge in [0.05, 0.1) is 17.9 Å². The zero-order valence-corrected chi connectivity index (χ0v) is 14.3. The summed E-state index contributed by atoms with van der Waals surface area (Å²) < 4.78 is 5.73. The predicted molar refractivity (Wildman–Crippen MR) is 95.3 cm³/mol. The number of hydrogen-bond acceptors (Lipinski definition) is 4. The van der Waals surface area contributed by atoms with Gasteiger partial charge in [0.2, 0.25) is 0 Å². The maximum Gasteiger partial charge on any atom is 0.159 e. The molecule has 0 aliphatic carbocycles. The van der Waals surface area contributed by atoms with Crippen LogP contribution in [0.4, 0.5) is 5.69 Å². The molecule has 0 aromatic heterocycles. The first-order valence-corrected chi connectivity index (χ1v) is 8.00. The summed E-state index contributed by atoms with van der Waals surface area (Å²) in [6.45, 7) is 6.96. The molecule has 24 heavy (non-hydrogen) atoms. The molecule has 0 saturated carbocycles. The van der Waals surface area contributed by atoms with Gasteiger partial charge in [-0.05, 0) is 48.7 Å². The maximum atomic E-state index is 11.5. The molecule has 0 atom stereocenters. The summed E-state index contributed by atoms with van der Waals surface area (Å²) in [6.07, 6.45) is 0. The molecule has 2 rings (SSSR count). The number of anilines is 1. The third-order valence-corrected chi connectivity index (χ3v) is 3.51. The van der Waals surface area contributed by atoms with Crippen molar-refractivity contribution in [2.24, 2.45) is 5.92 Å². The van der Waals surface area contributed by atoms with E-state index in [0.29, 0.717) is 35.9 Å². The number of Topliss-reactive ketones (excluding diaryl/α,β-unsaturated/α-hetero) is 1. The molecular weight excluding hydrogens is 300 g/mol. The standard InChI is InChI=1S/C20H22N2O2/c1-14(2)13-24-19-6-4-5-16(9-19)12-22-20-10-17(15(3)23)7-8-18(20)11-21/h4-10,14,22H,12-13H2,1-3H3. The molecule has 0 radical (unpaired) electrons. The predicted octanol–water partition coefficient (Wildman–Crippen LogP) is 4.41. The van der Waals surface area contributed by atoms with Crippen molar-refractivity contribution in [2.45, 2.75) is 27.3 Å². The molecule has 1 N–H and O–H groups in total. The summed E-state index contributed by atoms with van der Waals surface area (Å²) in [7, 11) is 0. The molecule has 124 valence electrons. The monoisotopic (exact) mass is 322 g/mol. The molecule has 0 bridgehead atoms. The van der Waals surface area contributed by atoms with Crippen LogP contribution in [0.15, 0.2) is 42.5 Å². The van der Waals surface area contributed by atoms with Crippen molar-refractivity contribution in [3.05, 3.63) is 59.2 Å². The number of benzene rings is 2. The first kappa shape index (κ1) is 17.6. The number of carbonyl (C=O) groups excluding carboxylic acids is 1. The van der Waals surface area contributed by atoms with Gasteiger partial charge in [0.25, 0.3) is 0 Å². The third kappa shape index (κ3) is 4.85. The molecule has 4 heteroatoms. The Bertz CT molecular complexity index is 760. The van der Waals surface area contributed by atoms with E-state index in [2.05, 4.69) is 25.2 Å². The quantitative estimate of drug-likeness (QED) is 0.767. The van der Waals surface area contributed by atoms with Crippen LogP contribution in [0.5, 0.6) is 5.75 Å². The molecule has 2 aromatic rings. The Morgan fingerprint density at radius 2 is 2.04 bits per heavy atom. The number of hydrogen-bond donors (Lipinski definition) is 1. The Morgan fingerprint density at radius 1 is 1.25 bits per heavy atom. The van der Waals surface area contributed by atoms with Crippen LogP contribution in [0.1, 0.15) is 42.3 Å². The van der Waals surface area contributed by atoms with Crippen molar-refractivity contribution in [2.75, 3.05) is 11.9 Å². The van der Waals surface area contributed by atoms with Gasteiger partial charge >= 0.3 is 0 Å². The molecule has 2 aromatic carbocycles. The summed E-state index contributed by atoms with van der Waals surface area (Å²) in [5.74, 6) is 1.28. The highest BCUT2D eigenvalue weighted by atomic mass is 16.5. The van der Waals surface area contributed by atoms with Crippen LogP contribution >= 0.6 is 0 Å². The second-order valence-corrected chi connectivity index (χ2v) is 6.13. The van der Waals surface area contributed by atoms with E-state index in [4.69, 9.17) is 4.74 Å². The molecule has 0 aliphatic rings. The highest BCUT2D eigenvalue weighted by Crippen LogP contribution is 2.20. The average Bonchev–Trinajstić information content (AvgIpc) is 2.58. The number of nitrogens with zero attached hydrogens (tertiary/aromatic N) is 1. The van der Waals surface area contributed by atoms with Crippen LogP contribution in [0.3, 0.4) is 0 Å². The molecule has 0 heterocycles. The van der Waals surface area contributed by atoms with Crippen molar-refractivity contribution in [3.8, 4) is 11.8 Å². The minimum absolute atomic E-state index is 0.0216. The Morgan fingerprint density at radius 3 is 2.71 bits per heavy atom. The molecule has 0 spiro atoms. The number of nitrogens with one attached hydrogen (secondary N) is 1. The average molecular weight is 322 g/mol. The Balaban J connectivity index is 2.10. The number of carbonyl (C=O) groups is 1. The fraction of sp³-hybridized carbons (Fsp3) is 0.300. The second kappa shape index (κ2) is 8.16. The number of ketones is 1. The Hall–Kier alpha value is -2.80. The van der Waals surface area contributed by atoms with Crippen LogP contribution < -0.4 is 10.1 Å². The summed E-state index contributed by atoms with van der Waals surface area (Å²) in [4.78, 5) is 11.5. The van der Waals surface area contributed by atoms with Gasteiger partial charge < -0.3 is 10.1 Å². The lowest BCUT2D eigenvalue weighted by atomic mass is 10.1. The lowest BCUT2D eigenvalue weighted by Crippen LogP contribution is -2.06. The van der Waals surface area contributed by atoms with Crippen LogP contribution in [0.2, 0.25) is 0 Å². The van der Waals surface area contributed by atoms with Gasteiger partial charge in [0.1, 0.15) is 11.8 Å². The van der Waals surface area contributed by atoms with Crippen molar-refractivity contribution in [3.63, 3.8) is 0 Å². The lowest BCUT2D eigenvalue weighted by molar-refractivity contribution is 0.101. The van der Waals surface area contributed by atoms with Crippen molar-refractivity contribution >= 4 is 11.5 Å². The number of ether oxygens (including phenoxy) is 1. The molecule has 0 fully saturated rings. The highest BCUT2D eigenvalue weighted by molar-refractivity contribution is 5.95. The zero-order chi connectivity index (χ0) is 17.5. The van der Waals surface area contributed by atoms with Gasteiger partial charge in [-0.3, -0.25) is 4.79 Å². The molecule has 0 amide bonds. The summed E-state index contributed by atoms with van der Waals surface area (Å²) in [6, 6.07) is 15.1. The van der Waals surface area contributed by atoms with Gasteiger partial charge in [-0.15, -0.1) is 0 Å². The lowest BCUT2D eigenvalue weighted by Gasteiger charge is -2.12. The van der Waals surface area contributed by atoms with E-state index in [-0.39, 0.29) is 5.78 Å². The minimum Gasteiger partial charge on any atom is -0.493 e. The first-order valence-electron chi connectivity index (χ1n) is 8.00. The Labute approximate surface area is 143 Å². The molecule has 0 aliphatic heterocycles. The van der Waals surface area contributed by atoms with Gasteiger partial charge in [-0.1, -0.05) is 26.0 Å². The van der Waals surface area contributed by atoms with Gasteiger partial charge in [-0.2, -0.15) is 5.26 Å². The first-order chi connectivity index (χ1) is 11.5. The SMILES string of the molecule is CC(=O)c1ccc(C#N)c(NCc2cccc(OCC(C)C)c2)c1.